The highest BCUT2D eigenvalue weighted by Gasteiger charge is 2.37. The summed E-state index contributed by atoms with van der Waals surface area (Å²) in [6.45, 7) is 4.61. The second-order valence-electron chi connectivity index (χ2n) is 8.81. The number of anilines is 2. The molecule has 0 aliphatic carbocycles. The van der Waals surface area contributed by atoms with E-state index in [-0.39, 0.29) is 22.2 Å². The number of hydrogen-bond donors (Lipinski definition) is 4. The van der Waals surface area contributed by atoms with Gasteiger partial charge in [-0.1, -0.05) is 50.2 Å². The van der Waals surface area contributed by atoms with E-state index in [9.17, 15) is 14.4 Å². The average molecular weight is 505 g/mol. The summed E-state index contributed by atoms with van der Waals surface area (Å²) < 4.78 is 3.99. The van der Waals surface area contributed by atoms with Crippen molar-refractivity contribution in [2.45, 2.75) is 26.3 Å². The van der Waals surface area contributed by atoms with Crippen molar-refractivity contribution in [3.8, 4) is 0 Å². The van der Waals surface area contributed by atoms with E-state index in [1.165, 1.54) is 4.90 Å². The van der Waals surface area contributed by atoms with Crippen LogP contribution in [0.5, 0.6) is 0 Å². The van der Waals surface area contributed by atoms with Crippen molar-refractivity contribution in [3.05, 3.63) is 76.9 Å². The number of aromatic nitrogens is 2. The second-order valence-corrected chi connectivity index (χ2v) is 9.59. The molecule has 3 amide bonds. The van der Waals surface area contributed by atoms with E-state index in [2.05, 4.69) is 28.5 Å². The Kier molecular flexibility index (Phi) is 7.35. The number of nitrogens with zero attached hydrogens (tertiary/aromatic N) is 2. The number of rotatable bonds is 9. The fraction of sp³-hybridized carbons (Fsp3) is 0.231. The number of primary amides is 1. The minimum Gasteiger partial charge on any atom is -0.395 e. The van der Waals surface area contributed by atoms with Crippen molar-refractivity contribution in [3.63, 3.8) is 0 Å². The van der Waals surface area contributed by atoms with Crippen LogP contribution in [0.4, 0.5) is 11.4 Å². The summed E-state index contributed by atoms with van der Waals surface area (Å²) in [7, 11) is 0. The molecule has 9 nitrogen and oxygen atoms in total. The highest BCUT2D eigenvalue weighted by atomic mass is 32.1. The van der Waals surface area contributed by atoms with E-state index in [0.29, 0.717) is 23.7 Å². The zero-order chi connectivity index (χ0) is 25.8. The van der Waals surface area contributed by atoms with Crippen LogP contribution >= 0.6 is 11.5 Å². The molecule has 0 unspecified atom stereocenters. The molecule has 4 aromatic rings. The van der Waals surface area contributed by atoms with Gasteiger partial charge in [-0.3, -0.25) is 19.3 Å². The molecular formula is C26H28N6O3S. The number of amides is 3. The molecule has 4 rings (SSSR count). The Morgan fingerprint density at radius 2 is 1.78 bits per heavy atom. The number of carbonyl (C=O) groups excluding carboxylic acids is 3. The van der Waals surface area contributed by atoms with Gasteiger partial charge in [0.05, 0.1) is 5.69 Å². The van der Waals surface area contributed by atoms with Crippen LogP contribution in [0.15, 0.2) is 60.8 Å². The molecule has 1 atom stereocenters. The number of para-hydroxylation sites is 2. The monoisotopic (exact) mass is 504 g/mol. The number of H-pyrrole nitrogens is 1. The molecule has 186 valence electrons. The molecule has 0 radical (unpaired) electrons. The number of fused-ring (bicyclic) bond motifs is 1. The van der Waals surface area contributed by atoms with E-state index in [1.807, 2.05) is 30.3 Å². The number of benzene rings is 2. The maximum atomic E-state index is 14.0. The third-order valence-electron chi connectivity index (χ3n) is 5.85. The fourth-order valence-corrected chi connectivity index (χ4v) is 4.75. The number of nitrogens with one attached hydrogen (secondary N) is 2. The van der Waals surface area contributed by atoms with Crippen molar-refractivity contribution in [2.75, 3.05) is 17.2 Å². The van der Waals surface area contributed by atoms with E-state index in [1.54, 1.807) is 30.5 Å². The molecule has 0 saturated carbocycles. The zero-order valence-corrected chi connectivity index (χ0v) is 20.8. The van der Waals surface area contributed by atoms with Crippen molar-refractivity contribution in [2.24, 2.45) is 11.7 Å². The van der Waals surface area contributed by atoms with E-state index < -0.39 is 17.9 Å². The summed E-state index contributed by atoms with van der Waals surface area (Å²) in [6.07, 6.45) is 2.53. The highest BCUT2D eigenvalue weighted by Crippen LogP contribution is 2.35. The number of nitrogens with two attached hydrogens (primary N) is 2. The van der Waals surface area contributed by atoms with Crippen LogP contribution in [-0.2, 0) is 4.79 Å². The highest BCUT2D eigenvalue weighted by molar-refractivity contribution is 7.09. The molecule has 0 fully saturated rings. The van der Waals surface area contributed by atoms with E-state index >= 15 is 0 Å². The minimum absolute atomic E-state index is 0.0347. The Hall–Kier alpha value is -4.18. The summed E-state index contributed by atoms with van der Waals surface area (Å²) >= 11 is 0.781. The molecule has 36 heavy (non-hydrogen) atoms. The Labute approximate surface area is 212 Å². The molecule has 6 N–H and O–H groups in total. The lowest BCUT2D eigenvalue weighted by Crippen LogP contribution is -2.44. The molecule has 2 heterocycles. The molecule has 10 heteroatoms. The second kappa shape index (κ2) is 10.6. The van der Waals surface area contributed by atoms with Gasteiger partial charge in [0.25, 0.3) is 11.8 Å². The largest absolute Gasteiger partial charge is 0.395 e. The average Bonchev–Trinajstić information content (AvgIpc) is 3.46. The van der Waals surface area contributed by atoms with Crippen LogP contribution in [-0.4, -0.2) is 33.6 Å². The first-order valence-corrected chi connectivity index (χ1v) is 12.3. The van der Waals surface area contributed by atoms with Gasteiger partial charge in [-0.15, -0.1) is 0 Å². The summed E-state index contributed by atoms with van der Waals surface area (Å²) in [5.41, 5.74) is 13.2. The minimum atomic E-state index is -1.03. The van der Waals surface area contributed by atoms with Crippen LogP contribution in [0.3, 0.4) is 0 Å². The normalized spacial score (nSPS) is 12.0. The molecule has 0 aliphatic heterocycles. The van der Waals surface area contributed by atoms with Gasteiger partial charge in [0.1, 0.15) is 10.9 Å². The number of nitrogen functional groups attached to an aromatic ring is 1. The van der Waals surface area contributed by atoms with Gasteiger partial charge in [0.2, 0.25) is 5.91 Å². The van der Waals surface area contributed by atoms with Gasteiger partial charge >= 0.3 is 0 Å². The Morgan fingerprint density at radius 3 is 2.44 bits per heavy atom. The summed E-state index contributed by atoms with van der Waals surface area (Å²) in [4.78, 5) is 44.2. The molecule has 2 aromatic heterocycles. The Bertz CT molecular complexity index is 1400. The van der Waals surface area contributed by atoms with Gasteiger partial charge < -0.3 is 21.8 Å². The maximum Gasteiger partial charge on any atom is 0.273 e. The summed E-state index contributed by atoms with van der Waals surface area (Å²) in [5, 5.41) is 3.81. The topological polar surface area (TPSA) is 147 Å². The standard InChI is InChI=1S/C26H28N6O3S/c1-15(2)12-13-29-25(34)22(18-14-30-19-11-7-6-10-17(18)19)32(16-8-4-3-5-9-16)26(35)23-20(27)21(24(28)33)31-36-23/h3-11,14-15,22,30H,12-13,27H2,1-2H3,(H2,28,33)(H,29,34)/t22-/m1/s1. The Morgan fingerprint density at radius 1 is 1.08 bits per heavy atom. The van der Waals surface area contributed by atoms with Gasteiger partial charge in [0.15, 0.2) is 5.69 Å². The first-order chi connectivity index (χ1) is 17.3. The third kappa shape index (κ3) is 4.94. The predicted octanol–water partition coefficient (Wildman–Crippen LogP) is 3.86. The first kappa shape index (κ1) is 24.9. The number of aromatic amines is 1. The maximum absolute atomic E-state index is 14.0. The van der Waals surface area contributed by atoms with Gasteiger partial charge in [-0.2, -0.15) is 4.37 Å². The predicted molar refractivity (Wildman–Crippen MR) is 142 cm³/mol. The van der Waals surface area contributed by atoms with Gasteiger partial charge in [-0.05, 0) is 42.1 Å². The molecule has 0 saturated heterocycles. The SMILES string of the molecule is CC(C)CCNC(=O)[C@@H](c1c[nH]c2ccccc12)N(C(=O)c1snc(C(N)=O)c1N)c1ccccc1. The van der Waals surface area contributed by atoms with Gasteiger partial charge in [-0.25, -0.2) is 0 Å². The molecule has 0 spiro atoms. The van der Waals surface area contributed by atoms with Gasteiger partial charge in [0, 0.05) is 34.9 Å². The molecule has 2 aromatic carbocycles. The number of carbonyl (C=O) groups is 3. The van der Waals surface area contributed by atoms with Crippen molar-refractivity contribution < 1.29 is 14.4 Å². The van der Waals surface area contributed by atoms with Crippen LogP contribution in [0.1, 0.15) is 52.0 Å². The van der Waals surface area contributed by atoms with Crippen molar-refractivity contribution >= 4 is 51.5 Å². The first-order valence-electron chi connectivity index (χ1n) is 11.6. The molecular weight excluding hydrogens is 476 g/mol. The van der Waals surface area contributed by atoms with Crippen LogP contribution in [0.25, 0.3) is 10.9 Å². The van der Waals surface area contributed by atoms with Crippen molar-refractivity contribution in [1.82, 2.24) is 14.7 Å². The lowest BCUT2D eigenvalue weighted by Gasteiger charge is -2.31. The van der Waals surface area contributed by atoms with Crippen LogP contribution in [0, 0.1) is 5.92 Å². The Balaban J connectivity index is 1.87. The molecule has 0 aliphatic rings. The van der Waals surface area contributed by atoms with E-state index in [0.717, 1.165) is 28.9 Å². The zero-order valence-electron chi connectivity index (χ0n) is 20.0. The summed E-state index contributed by atoms with van der Waals surface area (Å²) in [5.74, 6) is -1.32. The van der Waals surface area contributed by atoms with Crippen molar-refractivity contribution in [1.29, 1.82) is 0 Å². The lowest BCUT2D eigenvalue weighted by atomic mass is 10.0. The fourth-order valence-electron chi connectivity index (χ4n) is 4.01. The van der Waals surface area contributed by atoms with E-state index in [4.69, 9.17) is 11.5 Å². The quantitative estimate of drug-likeness (QED) is 0.273. The number of hydrogen-bond acceptors (Lipinski definition) is 6. The summed E-state index contributed by atoms with van der Waals surface area (Å²) in [6, 6.07) is 15.4. The van der Waals surface area contributed by atoms with Crippen LogP contribution in [0.2, 0.25) is 0 Å². The van der Waals surface area contributed by atoms with Crippen LogP contribution < -0.4 is 21.7 Å². The third-order valence-corrected chi connectivity index (χ3v) is 6.70. The lowest BCUT2D eigenvalue weighted by molar-refractivity contribution is -0.122. The molecule has 0 bridgehead atoms. The smallest absolute Gasteiger partial charge is 0.273 e.